The second-order valence-electron chi connectivity index (χ2n) is 5.73. The highest BCUT2D eigenvalue weighted by Gasteiger charge is 2.27. The van der Waals surface area contributed by atoms with E-state index in [-0.39, 0.29) is 18.5 Å². The first-order valence-corrected chi connectivity index (χ1v) is 8.21. The van der Waals surface area contributed by atoms with Gasteiger partial charge in [0.1, 0.15) is 6.04 Å². The largest absolute Gasteiger partial charge is 0.346 e. The smallest absolute Gasteiger partial charge is 0.237 e. The summed E-state index contributed by atoms with van der Waals surface area (Å²) in [7, 11) is 0. The fourth-order valence-corrected chi connectivity index (χ4v) is 3.31. The number of rotatable bonds is 5. The van der Waals surface area contributed by atoms with E-state index in [1.165, 1.54) is 0 Å². The van der Waals surface area contributed by atoms with Crippen LogP contribution in [0.5, 0.6) is 0 Å². The van der Waals surface area contributed by atoms with Crippen molar-refractivity contribution in [3.05, 3.63) is 35.5 Å². The van der Waals surface area contributed by atoms with Gasteiger partial charge in [0, 0.05) is 41.8 Å². The molecule has 0 aliphatic carbocycles. The third-order valence-corrected chi connectivity index (χ3v) is 4.62. The molecule has 120 valence electrons. The number of likely N-dealkylation sites (tertiary alicyclic amines) is 1. The molecular weight excluding hydrogens is 312 g/mol. The van der Waals surface area contributed by atoms with Crippen LogP contribution >= 0.6 is 11.6 Å². The molecule has 1 N–H and O–H groups in total. The van der Waals surface area contributed by atoms with Gasteiger partial charge in [-0.1, -0.05) is 17.7 Å². The van der Waals surface area contributed by atoms with Gasteiger partial charge in [-0.15, -0.1) is 0 Å². The highest BCUT2D eigenvalue weighted by atomic mass is 35.5. The van der Waals surface area contributed by atoms with Crippen LogP contribution in [0.15, 0.2) is 30.5 Å². The van der Waals surface area contributed by atoms with Crippen LogP contribution < -0.4 is 5.32 Å². The van der Waals surface area contributed by atoms with Crippen molar-refractivity contribution in [1.82, 2.24) is 14.8 Å². The average Bonchev–Trinajstić information content (AvgIpc) is 3.19. The van der Waals surface area contributed by atoms with E-state index in [1.54, 1.807) is 4.90 Å². The number of nitrogens with zero attached hydrogens (tertiary/aromatic N) is 3. The summed E-state index contributed by atoms with van der Waals surface area (Å²) in [4.78, 5) is 13.8. The van der Waals surface area contributed by atoms with Crippen molar-refractivity contribution < 1.29 is 4.79 Å². The van der Waals surface area contributed by atoms with E-state index >= 15 is 0 Å². The number of nitriles is 1. The van der Waals surface area contributed by atoms with Crippen LogP contribution in [0.2, 0.25) is 5.02 Å². The first kappa shape index (κ1) is 15.9. The number of fused-ring (bicyclic) bond motifs is 1. The topological polar surface area (TPSA) is 61.1 Å². The van der Waals surface area contributed by atoms with Crippen LogP contribution in [0.1, 0.15) is 12.8 Å². The number of carbonyl (C=O) groups is 1. The Balaban J connectivity index is 1.51. The van der Waals surface area contributed by atoms with Gasteiger partial charge in [0.25, 0.3) is 0 Å². The molecule has 1 amide bonds. The molecule has 0 bridgehead atoms. The zero-order valence-electron chi connectivity index (χ0n) is 12.8. The lowest BCUT2D eigenvalue weighted by molar-refractivity contribution is -0.130. The molecule has 1 fully saturated rings. The highest BCUT2D eigenvalue weighted by Crippen LogP contribution is 2.23. The van der Waals surface area contributed by atoms with E-state index in [4.69, 9.17) is 16.9 Å². The zero-order chi connectivity index (χ0) is 16.2. The number of nitrogens with one attached hydrogen (secondary N) is 1. The maximum absolute atomic E-state index is 12.1. The Hall–Kier alpha value is -2.03. The molecule has 23 heavy (non-hydrogen) atoms. The number of carbonyl (C=O) groups excluding carboxylic acids is 1. The van der Waals surface area contributed by atoms with Crippen molar-refractivity contribution in [2.24, 2.45) is 0 Å². The normalized spacial score (nSPS) is 17.6. The predicted octanol–water partition coefficient (Wildman–Crippen LogP) is 2.40. The second-order valence-corrected chi connectivity index (χ2v) is 6.14. The van der Waals surface area contributed by atoms with Gasteiger partial charge in [-0.05, 0) is 31.0 Å². The van der Waals surface area contributed by atoms with Crippen molar-refractivity contribution >= 4 is 28.4 Å². The molecule has 1 saturated heterocycles. The van der Waals surface area contributed by atoms with Gasteiger partial charge < -0.3 is 14.8 Å². The van der Waals surface area contributed by atoms with Crippen LogP contribution in [0.4, 0.5) is 0 Å². The SMILES string of the molecule is N#C[C@@H]1CCCN1C(=O)CNCCn1ccc2c(Cl)cccc21. The van der Waals surface area contributed by atoms with E-state index < -0.39 is 0 Å². The van der Waals surface area contributed by atoms with Gasteiger partial charge in [0.2, 0.25) is 5.91 Å². The Labute approximate surface area is 140 Å². The molecule has 3 rings (SSSR count). The summed E-state index contributed by atoms with van der Waals surface area (Å²) in [6.45, 7) is 2.42. The van der Waals surface area contributed by atoms with Crippen LogP contribution in [0.25, 0.3) is 10.9 Å². The lowest BCUT2D eigenvalue weighted by Crippen LogP contribution is -2.41. The lowest BCUT2D eigenvalue weighted by Gasteiger charge is -2.19. The molecular formula is C17H19ClN4O. The first-order chi connectivity index (χ1) is 11.2. The van der Waals surface area contributed by atoms with Gasteiger partial charge in [0.15, 0.2) is 0 Å². The molecule has 1 aromatic carbocycles. The zero-order valence-corrected chi connectivity index (χ0v) is 13.6. The summed E-state index contributed by atoms with van der Waals surface area (Å²) in [5.41, 5.74) is 1.09. The lowest BCUT2D eigenvalue weighted by atomic mass is 10.2. The molecule has 1 aliphatic heterocycles. The van der Waals surface area contributed by atoms with Crippen LogP contribution in [0.3, 0.4) is 0 Å². The van der Waals surface area contributed by atoms with Gasteiger partial charge in [-0.3, -0.25) is 4.79 Å². The Morgan fingerprint density at radius 2 is 2.30 bits per heavy atom. The van der Waals surface area contributed by atoms with E-state index in [0.717, 1.165) is 35.3 Å². The van der Waals surface area contributed by atoms with E-state index in [2.05, 4.69) is 16.0 Å². The minimum Gasteiger partial charge on any atom is -0.346 e. The Kier molecular flexibility index (Phi) is 4.85. The molecule has 0 saturated carbocycles. The number of halogens is 1. The third-order valence-electron chi connectivity index (χ3n) is 4.29. The minimum absolute atomic E-state index is 0.00876. The molecule has 0 radical (unpaired) electrons. The maximum atomic E-state index is 12.1. The Morgan fingerprint density at radius 1 is 1.43 bits per heavy atom. The summed E-state index contributed by atoms with van der Waals surface area (Å²) in [6, 6.07) is 9.80. The summed E-state index contributed by atoms with van der Waals surface area (Å²) in [5, 5.41) is 14.0. The number of hydrogen-bond donors (Lipinski definition) is 1. The second kappa shape index (κ2) is 7.03. The first-order valence-electron chi connectivity index (χ1n) is 7.84. The monoisotopic (exact) mass is 330 g/mol. The molecule has 6 heteroatoms. The summed E-state index contributed by atoms with van der Waals surface area (Å²) >= 11 is 6.17. The Morgan fingerprint density at radius 3 is 3.13 bits per heavy atom. The van der Waals surface area contributed by atoms with Crippen molar-refractivity contribution in [2.75, 3.05) is 19.6 Å². The van der Waals surface area contributed by atoms with Gasteiger partial charge >= 0.3 is 0 Å². The van der Waals surface area contributed by atoms with Crippen LogP contribution in [-0.2, 0) is 11.3 Å². The molecule has 2 heterocycles. The van der Waals surface area contributed by atoms with E-state index in [0.29, 0.717) is 13.1 Å². The number of hydrogen-bond acceptors (Lipinski definition) is 3. The molecule has 1 atom stereocenters. The summed E-state index contributed by atoms with van der Waals surface area (Å²) in [5.74, 6) is 0.00876. The summed E-state index contributed by atoms with van der Waals surface area (Å²) < 4.78 is 2.12. The predicted molar refractivity (Wildman–Crippen MR) is 90.2 cm³/mol. The fourth-order valence-electron chi connectivity index (χ4n) is 3.08. The van der Waals surface area contributed by atoms with Crippen LogP contribution in [-0.4, -0.2) is 41.1 Å². The highest BCUT2D eigenvalue weighted by molar-refractivity contribution is 6.35. The van der Waals surface area contributed by atoms with Gasteiger partial charge in [-0.2, -0.15) is 5.26 Å². The van der Waals surface area contributed by atoms with Gasteiger partial charge in [0.05, 0.1) is 12.6 Å². The van der Waals surface area contributed by atoms with Crippen molar-refractivity contribution in [1.29, 1.82) is 5.26 Å². The molecule has 2 aromatic rings. The molecule has 1 aliphatic rings. The quantitative estimate of drug-likeness (QED) is 0.856. The molecule has 0 unspecified atom stereocenters. The van der Waals surface area contributed by atoms with E-state index in [1.807, 2.05) is 30.5 Å². The number of amides is 1. The van der Waals surface area contributed by atoms with Crippen molar-refractivity contribution in [3.63, 3.8) is 0 Å². The standard InChI is InChI=1S/C17H19ClN4O/c18-15-4-1-5-16-14(15)6-9-21(16)10-7-20-12-17(23)22-8-2-3-13(22)11-19/h1,4-6,9,13,20H,2-3,7-8,10,12H2/t13-/m0/s1. The molecule has 1 aromatic heterocycles. The average molecular weight is 331 g/mol. The number of aromatic nitrogens is 1. The maximum Gasteiger partial charge on any atom is 0.237 e. The van der Waals surface area contributed by atoms with Gasteiger partial charge in [-0.25, -0.2) is 0 Å². The minimum atomic E-state index is -0.250. The summed E-state index contributed by atoms with van der Waals surface area (Å²) in [6.07, 6.45) is 3.71. The van der Waals surface area contributed by atoms with E-state index in [9.17, 15) is 4.79 Å². The molecule has 0 spiro atoms. The van der Waals surface area contributed by atoms with Crippen molar-refractivity contribution in [3.8, 4) is 6.07 Å². The Bertz CT molecular complexity index is 749. The van der Waals surface area contributed by atoms with Crippen molar-refractivity contribution in [2.45, 2.75) is 25.4 Å². The number of benzene rings is 1. The third kappa shape index (κ3) is 3.34. The fraction of sp³-hybridized carbons (Fsp3) is 0.412. The van der Waals surface area contributed by atoms with Crippen LogP contribution in [0, 0.1) is 11.3 Å². The molecule has 5 nitrogen and oxygen atoms in total.